The number of ether oxygens (including phenoxy) is 1. The molecule has 0 saturated heterocycles. The van der Waals surface area contributed by atoms with Crippen LogP contribution in [0.3, 0.4) is 0 Å². The molecule has 0 aliphatic rings. The lowest BCUT2D eigenvalue weighted by Gasteiger charge is -2.22. The third kappa shape index (κ3) is 5.66. The van der Waals surface area contributed by atoms with Gasteiger partial charge in [-0.25, -0.2) is 8.42 Å². The van der Waals surface area contributed by atoms with Crippen molar-refractivity contribution in [3.63, 3.8) is 0 Å². The third-order valence-corrected chi connectivity index (χ3v) is 6.83. The van der Waals surface area contributed by atoms with Gasteiger partial charge in [0.2, 0.25) is 15.9 Å². The lowest BCUT2D eigenvalue weighted by atomic mass is 10.0. The second-order valence-corrected chi connectivity index (χ2v) is 9.92. The summed E-state index contributed by atoms with van der Waals surface area (Å²) in [6, 6.07) is 17.5. The van der Waals surface area contributed by atoms with Crippen LogP contribution in [0, 0.1) is 12.8 Å². The zero-order valence-corrected chi connectivity index (χ0v) is 19.7. The Bertz CT molecular complexity index is 1210. The van der Waals surface area contributed by atoms with E-state index in [1.807, 2.05) is 63.2 Å². The van der Waals surface area contributed by atoms with Gasteiger partial charge in [-0.15, -0.1) is 0 Å². The monoisotopic (exact) mass is 454 g/mol. The van der Waals surface area contributed by atoms with Gasteiger partial charge in [-0.2, -0.15) is 4.72 Å². The number of hydrogen-bond donors (Lipinski definition) is 2. The van der Waals surface area contributed by atoms with Crippen molar-refractivity contribution in [1.29, 1.82) is 0 Å². The average Bonchev–Trinajstić information content (AvgIpc) is 2.77. The van der Waals surface area contributed by atoms with E-state index in [2.05, 4.69) is 10.0 Å². The molecule has 0 aliphatic carbocycles. The third-order valence-electron chi connectivity index (χ3n) is 5.39. The first-order valence-electron chi connectivity index (χ1n) is 10.6. The molecule has 1 amide bonds. The first-order chi connectivity index (χ1) is 15.2. The van der Waals surface area contributed by atoms with Crippen LogP contribution < -0.4 is 14.8 Å². The maximum Gasteiger partial charge on any atom is 0.241 e. The highest BCUT2D eigenvalue weighted by atomic mass is 32.2. The molecule has 3 rings (SSSR count). The van der Waals surface area contributed by atoms with Crippen molar-refractivity contribution < 1.29 is 17.9 Å². The summed E-state index contributed by atoms with van der Waals surface area (Å²) in [5.41, 5.74) is 2.10. The maximum absolute atomic E-state index is 13.0. The average molecular weight is 455 g/mol. The van der Waals surface area contributed by atoms with Crippen LogP contribution in [0.1, 0.15) is 25.0 Å². The van der Waals surface area contributed by atoms with Gasteiger partial charge in [-0.3, -0.25) is 4.79 Å². The van der Waals surface area contributed by atoms with Crippen LogP contribution in [-0.2, 0) is 21.2 Å². The number of hydrogen-bond acceptors (Lipinski definition) is 4. The highest BCUT2D eigenvalue weighted by Gasteiger charge is 2.28. The summed E-state index contributed by atoms with van der Waals surface area (Å²) >= 11 is 0. The summed E-state index contributed by atoms with van der Waals surface area (Å²) in [4.78, 5) is 13.0. The number of sulfonamides is 1. The van der Waals surface area contributed by atoms with Crippen molar-refractivity contribution in [2.24, 2.45) is 5.92 Å². The fourth-order valence-corrected chi connectivity index (χ4v) is 4.97. The van der Waals surface area contributed by atoms with Gasteiger partial charge < -0.3 is 10.1 Å². The minimum absolute atomic E-state index is 0.138. The van der Waals surface area contributed by atoms with E-state index in [9.17, 15) is 13.2 Å². The van der Waals surface area contributed by atoms with Gasteiger partial charge in [0.25, 0.3) is 0 Å². The molecule has 1 unspecified atom stereocenters. The van der Waals surface area contributed by atoms with Crippen molar-refractivity contribution in [3.8, 4) is 5.75 Å². The van der Waals surface area contributed by atoms with E-state index in [0.717, 1.165) is 27.6 Å². The smallest absolute Gasteiger partial charge is 0.241 e. The predicted molar refractivity (Wildman–Crippen MR) is 127 cm³/mol. The molecule has 0 heterocycles. The Balaban J connectivity index is 1.70. The van der Waals surface area contributed by atoms with Crippen LogP contribution in [0.4, 0.5) is 0 Å². The van der Waals surface area contributed by atoms with Crippen molar-refractivity contribution >= 4 is 26.7 Å². The van der Waals surface area contributed by atoms with Crippen molar-refractivity contribution in [2.45, 2.75) is 38.1 Å². The fraction of sp³-hybridized carbons (Fsp3) is 0.320. The normalized spacial score (nSPS) is 12.7. The van der Waals surface area contributed by atoms with Gasteiger partial charge in [-0.1, -0.05) is 61.9 Å². The Kier molecular flexibility index (Phi) is 7.53. The maximum atomic E-state index is 13.0. The SMILES string of the molecule is COc1ccc(C)cc1CCNC(=O)C(NS(=O)(=O)c1ccc2ccccc2c1)C(C)C. The summed E-state index contributed by atoms with van der Waals surface area (Å²) in [5, 5.41) is 4.65. The van der Waals surface area contributed by atoms with Gasteiger partial charge >= 0.3 is 0 Å². The minimum atomic E-state index is -3.87. The zero-order chi connectivity index (χ0) is 23.3. The Hall–Kier alpha value is -2.90. The first-order valence-corrected chi connectivity index (χ1v) is 12.1. The largest absolute Gasteiger partial charge is 0.496 e. The number of rotatable bonds is 9. The lowest BCUT2D eigenvalue weighted by Crippen LogP contribution is -2.49. The number of fused-ring (bicyclic) bond motifs is 1. The molecular formula is C25H30N2O4S. The summed E-state index contributed by atoms with van der Waals surface area (Å²) in [5.74, 6) is 0.192. The quantitative estimate of drug-likeness (QED) is 0.515. The Morgan fingerprint density at radius 3 is 2.41 bits per heavy atom. The molecule has 0 aromatic heterocycles. The van der Waals surface area contributed by atoms with Gasteiger partial charge in [0.1, 0.15) is 11.8 Å². The second kappa shape index (κ2) is 10.1. The molecule has 0 spiro atoms. The number of carbonyl (C=O) groups excluding carboxylic acids is 1. The van der Waals surface area contributed by atoms with Crippen LogP contribution in [-0.4, -0.2) is 34.0 Å². The molecule has 0 radical (unpaired) electrons. The molecule has 7 heteroatoms. The number of methoxy groups -OCH3 is 1. The van der Waals surface area contributed by atoms with Crippen LogP contribution in [0.15, 0.2) is 65.6 Å². The summed E-state index contributed by atoms with van der Waals surface area (Å²) in [6.45, 7) is 6.00. The number of nitrogens with one attached hydrogen (secondary N) is 2. The van der Waals surface area contributed by atoms with Crippen molar-refractivity contribution in [3.05, 3.63) is 71.8 Å². The van der Waals surface area contributed by atoms with E-state index in [4.69, 9.17) is 4.74 Å². The molecule has 0 aliphatic heterocycles. The molecular weight excluding hydrogens is 424 g/mol. The molecule has 0 saturated carbocycles. The molecule has 3 aromatic carbocycles. The molecule has 170 valence electrons. The van der Waals surface area contributed by atoms with E-state index in [1.54, 1.807) is 25.3 Å². The molecule has 1 atom stereocenters. The summed E-state index contributed by atoms with van der Waals surface area (Å²) in [6.07, 6.45) is 0.582. The van der Waals surface area contributed by atoms with Gasteiger partial charge in [0.15, 0.2) is 0 Å². The second-order valence-electron chi connectivity index (χ2n) is 8.21. The fourth-order valence-electron chi connectivity index (χ4n) is 3.60. The molecule has 0 bridgehead atoms. The Morgan fingerprint density at radius 2 is 1.72 bits per heavy atom. The number of benzene rings is 3. The predicted octanol–water partition coefficient (Wildman–Crippen LogP) is 3.82. The van der Waals surface area contributed by atoms with Crippen molar-refractivity contribution in [2.75, 3.05) is 13.7 Å². The number of aryl methyl sites for hydroxylation is 1. The van der Waals surface area contributed by atoms with Gasteiger partial charge in [-0.05, 0) is 53.8 Å². The molecule has 0 fully saturated rings. The minimum Gasteiger partial charge on any atom is -0.496 e. The number of carbonyl (C=O) groups is 1. The van der Waals surface area contributed by atoms with Crippen LogP contribution in [0.25, 0.3) is 10.8 Å². The Labute approximate surface area is 190 Å². The van der Waals surface area contributed by atoms with Crippen molar-refractivity contribution in [1.82, 2.24) is 10.0 Å². The van der Waals surface area contributed by atoms with Crippen LogP contribution in [0.2, 0.25) is 0 Å². The molecule has 2 N–H and O–H groups in total. The van der Waals surface area contributed by atoms with Gasteiger partial charge in [0, 0.05) is 6.54 Å². The van der Waals surface area contributed by atoms with E-state index in [1.165, 1.54) is 0 Å². The molecule has 3 aromatic rings. The Morgan fingerprint density at radius 1 is 1.00 bits per heavy atom. The highest BCUT2D eigenvalue weighted by molar-refractivity contribution is 7.89. The van der Waals surface area contributed by atoms with E-state index in [0.29, 0.717) is 13.0 Å². The summed E-state index contributed by atoms with van der Waals surface area (Å²) < 4.78 is 34.0. The highest BCUT2D eigenvalue weighted by Crippen LogP contribution is 2.21. The van der Waals surface area contributed by atoms with E-state index >= 15 is 0 Å². The van der Waals surface area contributed by atoms with Gasteiger partial charge in [0.05, 0.1) is 12.0 Å². The van der Waals surface area contributed by atoms with E-state index in [-0.39, 0.29) is 16.7 Å². The zero-order valence-electron chi connectivity index (χ0n) is 18.9. The molecule has 6 nitrogen and oxygen atoms in total. The summed E-state index contributed by atoms with van der Waals surface area (Å²) in [7, 11) is -2.25. The lowest BCUT2D eigenvalue weighted by molar-refractivity contribution is -0.123. The topological polar surface area (TPSA) is 84.5 Å². The molecule has 32 heavy (non-hydrogen) atoms. The standard InChI is InChI=1S/C25H30N2O4S/c1-17(2)24(25(28)26-14-13-21-15-18(3)9-12-23(21)31-4)27-32(29,30)22-11-10-19-7-5-6-8-20(19)16-22/h5-12,15-17,24,27H,13-14H2,1-4H3,(H,26,28). The number of amides is 1. The van der Waals surface area contributed by atoms with Crippen LogP contribution >= 0.6 is 0 Å². The van der Waals surface area contributed by atoms with Crippen LogP contribution in [0.5, 0.6) is 5.75 Å². The first kappa shape index (κ1) is 23.8. The van der Waals surface area contributed by atoms with E-state index < -0.39 is 16.1 Å².